The molecule has 0 aromatic heterocycles. The second-order valence-corrected chi connectivity index (χ2v) is 4.95. The number of hydrogen-bond donors (Lipinski definition) is 0. The van der Waals surface area contributed by atoms with Crippen LogP contribution >= 0.6 is 0 Å². The highest BCUT2D eigenvalue weighted by atomic mass is 32.2. The van der Waals surface area contributed by atoms with Gasteiger partial charge in [0.25, 0.3) is 0 Å². The molecule has 0 aliphatic heterocycles. The first-order valence-electron chi connectivity index (χ1n) is 3.85. The Hall–Kier alpha value is -0.710. The van der Waals surface area contributed by atoms with Crippen molar-refractivity contribution in [2.24, 2.45) is 0 Å². The van der Waals surface area contributed by atoms with Crippen molar-refractivity contribution in [3.63, 3.8) is 0 Å². The van der Waals surface area contributed by atoms with Crippen LogP contribution in [0, 0.1) is 0 Å². The second kappa shape index (κ2) is 6.77. The average molecular weight is 207 g/mol. The first-order valence-corrected chi connectivity index (χ1v) is 6.06. The van der Waals surface area contributed by atoms with Crippen LogP contribution in [0.3, 0.4) is 0 Å². The lowest BCUT2D eigenvalue weighted by Crippen LogP contribution is -2.19. The maximum Gasteiger partial charge on any atom is 0.356 e. The third kappa shape index (κ3) is 9.20. The summed E-state index contributed by atoms with van der Waals surface area (Å²) in [5.74, 6) is -0.164. The van der Waals surface area contributed by atoms with E-state index in [9.17, 15) is 9.59 Å². The summed E-state index contributed by atoms with van der Waals surface area (Å²) in [5.41, 5.74) is 0. The van der Waals surface area contributed by atoms with E-state index < -0.39 is 0 Å². The number of rotatable bonds is 5. The molecular formula is C8H15O4S+. The smallest absolute Gasteiger partial charge is 0.356 e. The van der Waals surface area contributed by atoms with Gasteiger partial charge in [-0.3, -0.25) is 4.79 Å². The highest BCUT2D eigenvalue weighted by Gasteiger charge is 2.12. The molecule has 0 aliphatic rings. The molecule has 0 atom stereocenters. The fourth-order valence-electron chi connectivity index (χ4n) is 0.618. The van der Waals surface area contributed by atoms with E-state index in [-0.39, 0.29) is 36.0 Å². The molecule has 0 spiro atoms. The minimum absolute atomic E-state index is 0.0578. The second-order valence-electron chi connectivity index (χ2n) is 2.69. The SMILES string of the molecule is CC(=O)OCCOC(=O)C[S+](C)C. The van der Waals surface area contributed by atoms with E-state index in [0.717, 1.165) is 0 Å². The van der Waals surface area contributed by atoms with Gasteiger partial charge in [0.05, 0.1) is 12.5 Å². The zero-order chi connectivity index (χ0) is 10.3. The first-order chi connectivity index (χ1) is 6.02. The Morgan fingerprint density at radius 2 is 1.69 bits per heavy atom. The monoisotopic (exact) mass is 207 g/mol. The van der Waals surface area contributed by atoms with Crippen LogP contribution in [0.4, 0.5) is 0 Å². The molecule has 5 heteroatoms. The maximum absolute atomic E-state index is 10.9. The van der Waals surface area contributed by atoms with Gasteiger partial charge in [-0.05, 0) is 10.9 Å². The Morgan fingerprint density at radius 1 is 1.15 bits per heavy atom. The van der Waals surface area contributed by atoms with Gasteiger partial charge >= 0.3 is 11.9 Å². The fraction of sp³-hybridized carbons (Fsp3) is 0.750. The third-order valence-electron chi connectivity index (χ3n) is 1.06. The zero-order valence-corrected chi connectivity index (χ0v) is 8.98. The highest BCUT2D eigenvalue weighted by Crippen LogP contribution is 1.88. The van der Waals surface area contributed by atoms with Gasteiger partial charge < -0.3 is 9.47 Å². The molecule has 0 fully saturated rings. The van der Waals surface area contributed by atoms with E-state index in [1.165, 1.54) is 6.92 Å². The summed E-state index contributed by atoms with van der Waals surface area (Å²) in [6.45, 7) is 1.61. The lowest BCUT2D eigenvalue weighted by Gasteiger charge is -2.03. The molecule has 0 N–H and O–H groups in total. The van der Waals surface area contributed by atoms with Crippen molar-refractivity contribution in [2.75, 3.05) is 31.5 Å². The van der Waals surface area contributed by atoms with Gasteiger partial charge in [0.15, 0.2) is 0 Å². The lowest BCUT2D eigenvalue weighted by atomic mass is 10.7. The maximum atomic E-state index is 10.9. The molecule has 0 heterocycles. The summed E-state index contributed by atoms with van der Waals surface area (Å²) in [6.07, 6.45) is 3.93. The van der Waals surface area contributed by atoms with Crippen molar-refractivity contribution in [1.29, 1.82) is 0 Å². The Morgan fingerprint density at radius 3 is 2.15 bits per heavy atom. The lowest BCUT2D eigenvalue weighted by molar-refractivity contribution is -0.149. The molecule has 0 rings (SSSR count). The minimum Gasteiger partial charge on any atom is -0.462 e. The van der Waals surface area contributed by atoms with E-state index in [1.807, 2.05) is 12.5 Å². The molecule has 0 unspecified atom stereocenters. The van der Waals surface area contributed by atoms with Gasteiger partial charge in [-0.15, -0.1) is 0 Å². The van der Waals surface area contributed by atoms with E-state index in [0.29, 0.717) is 5.75 Å². The van der Waals surface area contributed by atoms with Gasteiger partial charge in [0, 0.05) is 6.92 Å². The Labute approximate surface area is 80.9 Å². The summed E-state index contributed by atoms with van der Waals surface area (Å²) < 4.78 is 9.38. The average Bonchev–Trinajstić information content (AvgIpc) is 1.96. The van der Waals surface area contributed by atoms with Crippen molar-refractivity contribution in [1.82, 2.24) is 0 Å². The normalized spacial score (nSPS) is 9.85. The molecule has 13 heavy (non-hydrogen) atoms. The fourth-order valence-corrected chi connectivity index (χ4v) is 1.17. The van der Waals surface area contributed by atoms with Crippen LogP contribution in [0.1, 0.15) is 6.92 Å². The summed E-state index contributed by atoms with van der Waals surface area (Å²) in [7, 11) is 0.0578. The summed E-state index contributed by atoms with van der Waals surface area (Å²) in [6, 6.07) is 0. The zero-order valence-electron chi connectivity index (χ0n) is 8.16. The quantitative estimate of drug-likeness (QED) is 0.361. The number of esters is 2. The van der Waals surface area contributed by atoms with Crippen molar-refractivity contribution >= 4 is 22.8 Å². The van der Waals surface area contributed by atoms with Crippen LogP contribution in [0.25, 0.3) is 0 Å². The van der Waals surface area contributed by atoms with Crippen molar-refractivity contribution in [3.8, 4) is 0 Å². The van der Waals surface area contributed by atoms with E-state index >= 15 is 0 Å². The minimum atomic E-state index is -0.359. The van der Waals surface area contributed by atoms with Crippen molar-refractivity contribution < 1.29 is 19.1 Å². The standard InChI is InChI=1S/C8H15O4S/c1-7(9)11-4-5-12-8(10)6-13(2)3/h4-6H2,1-3H3/q+1. The van der Waals surface area contributed by atoms with Crippen LogP contribution < -0.4 is 0 Å². The molecule has 0 aromatic carbocycles. The molecular weight excluding hydrogens is 192 g/mol. The Kier molecular flexibility index (Phi) is 6.40. The van der Waals surface area contributed by atoms with Crippen LogP contribution in [0.2, 0.25) is 0 Å². The Bertz CT molecular complexity index is 179. The van der Waals surface area contributed by atoms with Crippen LogP contribution in [0.5, 0.6) is 0 Å². The van der Waals surface area contributed by atoms with Gasteiger partial charge in [0.2, 0.25) is 5.75 Å². The molecule has 0 aromatic rings. The molecule has 76 valence electrons. The number of hydrogen-bond acceptors (Lipinski definition) is 4. The first kappa shape index (κ1) is 12.3. The van der Waals surface area contributed by atoms with E-state index in [2.05, 4.69) is 4.74 Å². The van der Waals surface area contributed by atoms with Crippen molar-refractivity contribution in [3.05, 3.63) is 0 Å². The molecule has 0 aliphatic carbocycles. The topological polar surface area (TPSA) is 52.6 Å². The summed E-state index contributed by atoms with van der Waals surface area (Å²) in [5, 5.41) is 0. The number of ether oxygens (including phenoxy) is 2. The van der Waals surface area contributed by atoms with Crippen LogP contribution in [0.15, 0.2) is 0 Å². The Balaban J connectivity index is 3.32. The van der Waals surface area contributed by atoms with Gasteiger partial charge in [-0.1, -0.05) is 0 Å². The molecule has 0 saturated carbocycles. The molecule has 0 saturated heterocycles. The number of carbonyl (C=O) groups excluding carboxylic acids is 2. The van der Waals surface area contributed by atoms with Gasteiger partial charge in [-0.25, -0.2) is 4.79 Å². The highest BCUT2D eigenvalue weighted by molar-refractivity contribution is 7.96. The largest absolute Gasteiger partial charge is 0.462 e. The van der Waals surface area contributed by atoms with Gasteiger partial charge in [-0.2, -0.15) is 0 Å². The molecule has 0 radical (unpaired) electrons. The number of carbonyl (C=O) groups is 2. The van der Waals surface area contributed by atoms with Crippen molar-refractivity contribution in [2.45, 2.75) is 6.92 Å². The predicted molar refractivity (Wildman–Crippen MR) is 51.7 cm³/mol. The van der Waals surface area contributed by atoms with Gasteiger partial charge in [0.1, 0.15) is 13.2 Å². The van der Waals surface area contributed by atoms with Crippen LogP contribution in [-0.2, 0) is 30.0 Å². The predicted octanol–water partition coefficient (Wildman–Crippen LogP) is -0.0294. The summed E-state index contributed by atoms with van der Waals surface area (Å²) >= 11 is 0. The van der Waals surface area contributed by atoms with Crippen LogP contribution in [-0.4, -0.2) is 43.4 Å². The molecule has 4 nitrogen and oxygen atoms in total. The van der Waals surface area contributed by atoms with E-state index in [1.54, 1.807) is 0 Å². The summed E-state index contributed by atoms with van der Waals surface area (Å²) in [4.78, 5) is 21.2. The molecule has 0 amide bonds. The van der Waals surface area contributed by atoms with E-state index in [4.69, 9.17) is 4.74 Å². The third-order valence-corrected chi connectivity index (χ3v) is 1.87. The molecule has 0 bridgehead atoms.